The molecule has 0 spiro atoms. The molecule has 0 aromatic carbocycles. The Kier molecular flexibility index (Phi) is 4.63. The number of amides is 1. The Balaban J connectivity index is 1.53. The molecule has 1 heterocycles. The van der Waals surface area contributed by atoms with E-state index in [9.17, 15) is 4.79 Å². The number of nitrogens with zero attached hydrogens (tertiary/aromatic N) is 2. The molecule has 2 saturated carbocycles. The van der Waals surface area contributed by atoms with Crippen LogP contribution < -0.4 is 5.32 Å². The molecule has 3 rings (SSSR count). The van der Waals surface area contributed by atoms with Crippen LogP contribution in [0, 0.1) is 0 Å². The summed E-state index contributed by atoms with van der Waals surface area (Å²) < 4.78 is 2.11. The Labute approximate surface area is 127 Å². The molecule has 2 aliphatic carbocycles. The van der Waals surface area contributed by atoms with Crippen molar-refractivity contribution in [3.63, 3.8) is 0 Å². The summed E-state index contributed by atoms with van der Waals surface area (Å²) in [6.45, 7) is 1.25. The van der Waals surface area contributed by atoms with Gasteiger partial charge in [0.25, 0.3) is 0 Å². The predicted octanol–water partition coefficient (Wildman–Crippen LogP) is 2.44. The molecule has 4 heteroatoms. The molecular weight excluding hydrogens is 262 g/mol. The van der Waals surface area contributed by atoms with Crippen molar-refractivity contribution in [2.75, 3.05) is 6.54 Å². The van der Waals surface area contributed by atoms with E-state index in [1.165, 1.54) is 50.6 Å². The van der Waals surface area contributed by atoms with Gasteiger partial charge in [-0.3, -0.25) is 4.79 Å². The van der Waals surface area contributed by atoms with E-state index in [0.717, 1.165) is 6.54 Å². The maximum Gasteiger partial charge on any atom is 0.237 e. The van der Waals surface area contributed by atoms with Crippen LogP contribution in [0.15, 0.2) is 18.3 Å². The minimum atomic E-state index is 0.268. The molecule has 0 bridgehead atoms. The van der Waals surface area contributed by atoms with E-state index in [0.29, 0.717) is 18.6 Å². The summed E-state index contributed by atoms with van der Waals surface area (Å²) in [5, 5.41) is 3.48. The number of aromatic nitrogens is 1. The summed E-state index contributed by atoms with van der Waals surface area (Å²) in [6, 6.07) is 5.18. The SMILES string of the molecule is Cn1cccc1CN(C(=O)CNC1CCCCC1)C1CC1. The van der Waals surface area contributed by atoms with E-state index in [1.807, 2.05) is 19.3 Å². The Morgan fingerprint density at radius 3 is 2.67 bits per heavy atom. The van der Waals surface area contributed by atoms with Crippen LogP contribution in [-0.2, 0) is 18.4 Å². The standard InChI is InChI=1S/C17H27N3O/c1-19-11-5-8-16(19)13-20(15-9-10-15)17(21)12-18-14-6-3-2-4-7-14/h5,8,11,14-15,18H,2-4,6-7,9-10,12-13H2,1H3. The molecule has 0 saturated heterocycles. The molecule has 1 N–H and O–H groups in total. The second kappa shape index (κ2) is 6.65. The topological polar surface area (TPSA) is 37.3 Å². The molecule has 2 fully saturated rings. The van der Waals surface area contributed by atoms with Crippen LogP contribution in [0.1, 0.15) is 50.6 Å². The minimum Gasteiger partial charge on any atom is -0.353 e. The summed E-state index contributed by atoms with van der Waals surface area (Å²) in [5.41, 5.74) is 1.22. The maximum atomic E-state index is 12.6. The highest BCUT2D eigenvalue weighted by Crippen LogP contribution is 2.28. The van der Waals surface area contributed by atoms with Crippen molar-refractivity contribution in [2.45, 2.75) is 63.6 Å². The average Bonchev–Trinajstić information content (AvgIpc) is 3.27. The first-order valence-electron chi connectivity index (χ1n) is 8.37. The van der Waals surface area contributed by atoms with E-state index < -0.39 is 0 Å². The monoisotopic (exact) mass is 289 g/mol. The maximum absolute atomic E-state index is 12.6. The molecular formula is C17H27N3O. The van der Waals surface area contributed by atoms with Gasteiger partial charge >= 0.3 is 0 Å². The third-order valence-electron chi connectivity index (χ3n) is 4.84. The van der Waals surface area contributed by atoms with E-state index in [2.05, 4.69) is 20.9 Å². The fraction of sp³-hybridized carbons (Fsp3) is 0.706. The van der Waals surface area contributed by atoms with Crippen molar-refractivity contribution in [2.24, 2.45) is 7.05 Å². The van der Waals surface area contributed by atoms with Crippen molar-refractivity contribution in [1.29, 1.82) is 0 Å². The van der Waals surface area contributed by atoms with Crippen LogP contribution in [0.2, 0.25) is 0 Å². The zero-order valence-electron chi connectivity index (χ0n) is 13.1. The van der Waals surface area contributed by atoms with Gasteiger partial charge in [0.2, 0.25) is 5.91 Å². The molecule has 1 aromatic heterocycles. The quantitative estimate of drug-likeness (QED) is 0.873. The number of carbonyl (C=O) groups is 1. The van der Waals surface area contributed by atoms with Gasteiger partial charge in [-0.1, -0.05) is 19.3 Å². The molecule has 0 radical (unpaired) electrons. The predicted molar refractivity (Wildman–Crippen MR) is 83.9 cm³/mol. The molecule has 0 aliphatic heterocycles. The Bertz CT molecular complexity index is 472. The largest absolute Gasteiger partial charge is 0.353 e. The van der Waals surface area contributed by atoms with Crippen molar-refractivity contribution < 1.29 is 4.79 Å². The van der Waals surface area contributed by atoms with Gasteiger partial charge < -0.3 is 14.8 Å². The van der Waals surface area contributed by atoms with E-state index in [-0.39, 0.29) is 5.91 Å². The molecule has 21 heavy (non-hydrogen) atoms. The summed E-state index contributed by atoms with van der Waals surface area (Å²) in [4.78, 5) is 14.6. The number of hydrogen-bond acceptors (Lipinski definition) is 2. The van der Waals surface area contributed by atoms with E-state index in [4.69, 9.17) is 0 Å². The van der Waals surface area contributed by atoms with Crippen LogP contribution in [0.3, 0.4) is 0 Å². The smallest absolute Gasteiger partial charge is 0.237 e. The first-order chi connectivity index (χ1) is 10.2. The molecule has 1 amide bonds. The third-order valence-corrected chi connectivity index (χ3v) is 4.84. The second-order valence-electron chi connectivity index (χ2n) is 6.58. The van der Waals surface area contributed by atoms with Crippen molar-refractivity contribution in [3.05, 3.63) is 24.0 Å². The van der Waals surface area contributed by atoms with Gasteiger partial charge in [-0.25, -0.2) is 0 Å². The lowest BCUT2D eigenvalue weighted by atomic mass is 9.95. The highest BCUT2D eigenvalue weighted by atomic mass is 16.2. The number of carbonyl (C=O) groups excluding carboxylic acids is 1. The van der Waals surface area contributed by atoms with Crippen molar-refractivity contribution >= 4 is 5.91 Å². The fourth-order valence-electron chi connectivity index (χ4n) is 3.28. The lowest BCUT2D eigenvalue weighted by Gasteiger charge is -2.26. The third kappa shape index (κ3) is 3.88. The highest BCUT2D eigenvalue weighted by molar-refractivity contribution is 5.79. The lowest BCUT2D eigenvalue weighted by molar-refractivity contribution is -0.131. The number of aryl methyl sites for hydroxylation is 1. The van der Waals surface area contributed by atoms with Gasteiger partial charge in [0.05, 0.1) is 13.1 Å². The van der Waals surface area contributed by atoms with Crippen LogP contribution in [-0.4, -0.2) is 34.0 Å². The first-order valence-corrected chi connectivity index (χ1v) is 8.37. The fourth-order valence-corrected chi connectivity index (χ4v) is 3.28. The molecule has 0 unspecified atom stereocenters. The van der Waals surface area contributed by atoms with Gasteiger partial charge in [0.15, 0.2) is 0 Å². The van der Waals surface area contributed by atoms with Crippen molar-refractivity contribution in [3.8, 4) is 0 Å². The highest BCUT2D eigenvalue weighted by Gasteiger charge is 2.32. The van der Waals surface area contributed by atoms with Crippen LogP contribution in [0.5, 0.6) is 0 Å². The van der Waals surface area contributed by atoms with Gasteiger partial charge in [-0.15, -0.1) is 0 Å². The molecule has 2 aliphatic rings. The summed E-state index contributed by atoms with van der Waals surface area (Å²) in [5.74, 6) is 0.268. The summed E-state index contributed by atoms with van der Waals surface area (Å²) in [7, 11) is 2.05. The number of nitrogens with one attached hydrogen (secondary N) is 1. The molecule has 1 aromatic rings. The van der Waals surface area contributed by atoms with Gasteiger partial charge in [-0.05, 0) is 37.8 Å². The molecule has 0 atom stereocenters. The van der Waals surface area contributed by atoms with Gasteiger partial charge in [0.1, 0.15) is 0 Å². The van der Waals surface area contributed by atoms with Gasteiger partial charge in [-0.2, -0.15) is 0 Å². The first kappa shape index (κ1) is 14.6. The normalized spacial score (nSPS) is 19.7. The Morgan fingerprint density at radius 2 is 2.05 bits per heavy atom. The Morgan fingerprint density at radius 1 is 1.29 bits per heavy atom. The average molecular weight is 289 g/mol. The summed E-state index contributed by atoms with van der Waals surface area (Å²) in [6.07, 6.45) is 10.8. The minimum absolute atomic E-state index is 0.268. The van der Waals surface area contributed by atoms with Crippen molar-refractivity contribution in [1.82, 2.24) is 14.8 Å². The zero-order valence-corrected chi connectivity index (χ0v) is 13.1. The van der Waals surface area contributed by atoms with E-state index in [1.54, 1.807) is 0 Å². The zero-order chi connectivity index (χ0) is 14.7. The van der Waals surface area contributed by atoms with Gasteiger partial charge in [0, 0.05) is 31.0 Å². The summed E-state index contributed by atoms with van der Waals surface area (Å²) >= 11 is 0. The Hall–Kier alpha value is -1.29. The number of rotatable bonds is 6. The molecule has 4 nitrogen and oxygen atoms in total. The lowest BCUT2D eigenvalue weighted by Crippen LogP contribution is -2.43. The number of hydrogen-bond donors (Lipinski definition) is 1. The van der Waals surface area contributed by atoms with E-state index >= 15 is 0 Å². The van der Waals surface area contributed by atoms with Crippen LogP contribution >= 0.6 is 0 Å². The van der Waals surface area contributed by atoms with Crippen LogP contribution in [0.4, 0.5) is 0 Å². The second-order valence-corrected chi connectivity index (χ2v) is 6.58. The molecule has 116 valence electrons. The van der Waals surface area contributed by atoms with Crippen LogP contribution in [0.25, 0.3) is 0 Å².